The van der Waals surface area contributed by atoms with Crippen molar-refractivity contribution in [3.8, 4) is 0 Å². The summed E-state index contributed by atoms with van der Waals surface area (Å²) in [7, 11) is 6.46. The van der Waals surface area contributed by atoms with Crippen LogP contribution in [0.1, 0.15) is 0 Å². The van der Waals surface area contributed by atoms with E-state index in [1.54, 1.807) is 28.6 Å². The number of ether oxygens (including phenoxy) is 1. The molecule has 0 saturated heterocycles. The van der Waals surface area contributed by atoms with Crippen LogP contribution in [0.5, 0.6) is 0 Å². The predicted octanol–water partition coefficient (Wildman–Crippen LogP) is 2.19. The highest BCUT2D eigenvalue weighted by molar-refractivity contribution is 8.76. The SMILES string of the molecule is CNC(CSSc1ccccc1)C(=O)OC. The summed E-state index contributed by atoms with van der Waals surface area (Å²) in [5.41, 5.74) is 0. The Labute approximate surface area is 104 Å². The van der Waals surface area contributed by atoms with E-state index >= 15 is 0 Å². The second-order valence-corrected chi connectivity index (χ2v) is 5.46. The van der Waals surface area contributed by atoms with E-state index < -0.39 is 0 Å². The molecule has 1 unspecified atom stereocenters. The number of esters is 1. The van der Waals surface area contributed by atoms with Crippen LogP contribution in [0.4, 0.5) is 0 Å². The molecule has 0 heterocycles. The van der Waals surface area contributed by atoms with E-state index in [-0.39, 0.29) is 12.0 Å². The zero-order valence-corrected chi connectivity index (χ0v) is 10.9. The Morgan fingerprint density at radius 1 is 1.44 bits per heavy atom. The van der Waals surface area contributed by atoms with Gasteiger partial charge in [0, 0.05) is 10.6 Å². The molecule has 1 N–H and O–H groups in total. The Morgan fingerprint density at radius 2 is 2.12 bits per heavy atom. The minimum absolute atomic E-state index is 0.219. The van der Waals surface area contributed by atoms with Gasteiger partial charge in [-0.2, -0.15) is 0 Å². The first-order valence-electron chi connectivity index (χ1n) is 4.87. The van der Waals surface area contributed by atoms with Crippen molar-refractivity contribution >= 4 is 27.6 Å². The van der Waals surface area contributed by atoms with Crippen LogP contribution in [0.3, 0.4) is 0 Å². The molecule has 0 spiro atoms. The molecule has 0 radical (unpaired) electrons. The van der Waals surface area contributed by atoms with Crippen LogP contribution in [-0.2, 0) is 9.53 Å². The van der Waals surface area contributed by atoms with Gasteiger partial charge in [-0.25, -0.2) is 0 Å². The number of likely N-dealkylation sites (N-methyl/N-ethyl adjacent to an activating group) is 1. The van der Waals surface area contributed by atoms with Crippen LogP contribution in [0.15, 0.2) is 35.2 Å². The quantitative estimate of drug-likeness (QED) is 0.624. The van der Waals surface area contributed by atoms with Crippen molar-refractivity contribution in [2.45, 2.75) is 10.9 Å². The summed E-state index contributed by atoms with van der Waals surface area (Å²) in [5.74, 6) is 0.464. The van der Waals surface area contributed by atoms with Gasteiger partial charge in [0.05, 0.1) is 7.11 Å². The van der Waals surface area contributed by atoms with Gasteiger partial charge in [-0.15, -0.1) is 0 Å². The zero-order valence-electron chi connectivity index (χ0n) is 9.30. The predicted molar refractivity (Wildman–Crippen MR) is 69.6 cm³/mol. The van der Waals surface area contributed by atoms with E-state index in [1.165, 1.54) is 12.0 Å². The maximum atomic E-state index is 11.3. The minimum Gasteiger partial charge on any atom is -0.468 e. The summed E-state index contributed by atoms with van der Waals surface area (Å²) in [6.45, 7) is 0. The number of carbonyl (C=O) groups excluding carboxylic acids is 1. The van der Waals surface area contributed by atoms with Crippen LogP contribution in [-0.4, -0.2) is 31.9 Å². The minimum atomic E-state index is -0.244. The first-order chi connectivity index (χ1) is 7.77. The Hall–Kier alpha value is -0.650. The molecule has 1 atom stereocenters. The molecule has 16 heavy (non-hydrogen) atoms. The monoisotopic (exact) mass is 257 g/mol. The van der Waals surface area contributed by atoms with Crippen molar-refractivity contribution in [2.75, 3.05) is 19.9 Å². The lowest BCUT2D eigenvalue weighted by Gasteiger charge is -2.12. The molecule has 3 nitrogen and oxygen atoms in total. The van der Waals surface area contributed by atoms with Crippen LogP contribution in [0.25, 0.3) is 0 Å². The third-order valence-corrected chi connectivity index (χ3v) is 4.36. The fourth-order valence-corrected chi connectivity index (χ4v) is 3.32. The Balaban J connectivity index is 2.31. The van der Waals surface area contributed by atoms with Gasteiger partial charge in [-0.05, 0) is 19.2 Å². The molecular weight excluding hydrogens is 242 g/mol. The number of rotatable bonds is 6. The summed E-state index contributed by atoms with van der Waals surface area (Å²) in [4.78, 5) is 12.5. The third-order valence-electron chi connectivity index (χ3n) is 1.97. The first-order valence-corrected chi connectivity index (χ1v) is 7.19. The Bertz CT molecular complexity index is 319. The van der Waals surface area contributed by atoms with Crippen molar-refractivity contribution in [3.63, 3.8) is 0 Å². The normalized spacial score (nSPS) is 12.1. The smallest absolute Gasteiger partial charge is 0.323 e. The third kappa shape index (κ3) is 4.47. The second kappa shape index (κ2) is 7.60. The second-order valence-electron chi connectivity index (χ2n) is 3.05. The lowest BCUT2D eigenvalue weighted by molar-refractivity contribution is -0.142. The fraction of sp³-hybridized carbons (Fsp3) is 0.364. The first kappa shape index (κ1) is 13.4. The van der Waals surface area contributed by atoms with Crippen LogP contribution in [0.2, 0.25) is 0 Å². The van der Waals surface area contributed by atoms with E-state index in [9.17, 15) is 4.79 Å². The molecule has 0 saturated carbocycles. The number of carbonyl (C=O) groups is 1. The fourth-order valence-electron chi connectivity index (χ4n) is 1.06. The molecule has 0 aliphatic carbocycles. The van der Waals surface area contributed by atoms with Crippen LogP contribution in [0, 0.1) is 0 Å². The van der Waals surface area contributed by atoms with Crippen molar-refractivity contribution in [3.05, 3.63) is 30.3 Å². The molecule has 0 aliphatic heterocycles. The van der Waals surface area contributed by atoms with E-state index in [2.05, 4.69) is 10.1 Å². The number of hydrogen-bond acceptors (Lipinski definition) is 5. The molecule has 0 aliphatic rings. The average molecular weight is 257 g/mol. The molecule has 5 heteroatoms. The van der Waals surface area contributed by atoms with Crippen LogP contribution < -0.4 is 5.32 Å². The van der Waals surface area contributed by atoms with Gasteiger partial charge in [0.2, 0.25) is 0 Å². The Morgan fingerprint density at radius 3 is 2.69 bits per heavy atom. The van der Waals surface area contributed by atoms with Gasteiger partial charge in [0.25, 0.3) is 0 Å². The van der Waals surface area contributed by atoms with Crippen molar-refractivity contribution in [1.82, 2.24) is 5.32 Å². The van der Waals surface area contributed by atoms with Gasteiger partial charge < -0.3 is 10.1 Å². The van der Waals surface area contributed by atoms with E-state index in [0.717, 1.165) is 0 Å². The maximum Gasteiger partial charge on any atom is 0.323 e. The summed E-state index contributed by atoms with van der Waals surface area (Å²) in [6.07, 6.45) is 0. The standard InChI is InChI=1S/C11H15NO2S2/c1-12-10(11(13)14-2)8-15-16-9-6-4-3-5-7-9/h3-7,10,12H,8H2,1-2H3. The summed E-state index contributed by atoms with van der Waals surface area (Å²) in [5, 5.41) is 2.93. The molecule has 0 amide bonds. The summed E-state index contributed by atoms with van der Waals surface area (Å²) < 4.78 is 4.68. The van der Waals surface area contributed by atoms with Gasteiger partial charge in [0.15, 0.2) is 0 Å². The Kier molecular flexibility index (Phi) is 6.37. The molecule has 1 aromatic carbocycles. The van der Waals surface area contributed by atoms with Crippen molar-refractivity contribution in [2.24, 2.45) is 0 Å². The highest BCUT2D eigenvalue weighted by atomic mass is 33.1. The lowest BCUT2D eigenvalue weighted by atomic mass is 10.3. The topological polar surface area (TPSA) is 38.3 Å². The maximum absolute atomic E-state index is 11.3. The highest BCUT2D eigenvalue weighted by Gasteiger charge is 2.16. The van der Waals surface area contributed by atoms with Crippen LogP contribution >= 0.6 is 21.6 Å². The molecule has 0 bridgehead atoms. The van der Waals surface area contributed by atoms with Crippen molar-refractivity contribution in [1.29, 1.82) is 0 Å². The van der Waals surface area contributed by atoms with Gasteiger partial charge in [-0.1, -0.05) is 39.8 Å². The summed E-state index contributed by atoms with van der Waals surface area (Å²) in [6, 6.07) is 9.83. The largest absolute Gasteiger partial charge is 0.468 e. The lowest BCUT2D eigenvalue weighted by Crippen LogP contribution is -2.36. The highest BCUT2D eigenvalue weighted by Crippen LogP contribution is 2.30. The molecule has 0 aromatic heterocycles. The average Bonchev–Trinajstić information content (AvgIpc) is 2.35. The van der Waals surface area contributed by atoms with E-state index in [0.29, 0.717) is 5.75 Å². The van der Waals surface area contributed by atoms with E-state index in [4.69, 9.17) is 0 Å². The molecular formula is C11H15NO2S2. The number of nitrogens with one attached hydrogen (secondary N) is 1. The van der Waals surface area contributed by atoms with Gasteiger partial charge in [-0.3, -0.25) is 4.79 Å². The number of methoxy groups -OCH3 is 1. The summed E-state index contributed by atoms with van der Waals surface area (Å²) >= 11 is 0. The van der Waals surface area contributed by atoms with Crippen molar-refractivity contribution < 1.29 is 9.53 Å². The molecule has 1 rings (SSSR count). The van der Waals surface area contributed by atoms with Gasteiger partial charge in [0.1, 0.15) is 6.04 Å². The van der Waals surface area contributed by atoms with Gasteiger partial charge >= 0.3 is 5.97 Å². The molecule has 88 valence electrons. The molecule has 1 aromatic rings. The number of benzene rings is 1. The molecule has 0 fully saturated rings. The van der Waals surface area contributed by atoms with E-state index in [1.807, 2.05) is 30.3 Å². The number of hydrogen-bond donors (Lipinski definition) is 1. The zero-order chi connectivity index (χ0) is 11.8.